The fraction of sp³-hybridized carbons (Fsp3) is 0.462. The fourth-order valence-electron chi connectivity index (χ4n) is 1.89. The van der Waals surface area contributed by atoms with Gasteiger partial charge in [0.05, 0.1) is 5.41 Å². The van der Waals surface area contributed by atoms with Crippen LogP contribution < -0.4 is 5.32 Å². The summed E-state index contributed by atoms with van der Waals surface area (Å²) in [6.07, 6.45) is 1.81. The minimum absolute atomic E-state index is 0.408. The summed E-state index contributed by atoms with van der Waals surface area (Å²) in [5.41, 5.74) is -0.175. The van der Waals surface area contributed by atoms with Crippen LogP contribution >= 0.6 is 0 Å². The Kier molecular flexibility index (Phi) is 3.61. The van der Waals surface area contributed by atoms with E-state index in [1.165, 1.54) is 12.1 Å². The van der Waals surface area contributed by atoms with Crippen LogP contribution in [0.2, 0.25) is 0 Å². The van der Waals surface area contributed by atoms with Gasteiger partial charge in [-0.05, 0) is 37.4 Å². The van der Waals surface area contributed by atoms with E-state index >= 15 is 0 Å². The topological polar surface area (TPSA) is 49.3 Å². The molecule has 1 aliphatic carbocycles. The van der Waals surface area contributed by atoms with E-state index in [1.807, 2.05) is 0 Å². The smallest absolute Gasteiger partial charge is 0.310 e. The molecule has 2 N–H and O–H groups in total. The number of aliphatic carboxylic acids is 1. The van der Waals surface area contributed by atoms with E-state index in [1.54, 1.807) is 0 Å². The maximum Gasteiger partial charge on any atom is 0.310 e. The third kappa shape index (κ3) is 2.85. The zero-order valence-corrected chi connectivity index (χ0v) is 9.88. The van der Waals surface area contributed by atoms with Crippen LogP contribution in [-0.2, 0) is 11.2 Å². The quantitative estimate of drug-likeness (QED) is 0.764. The molecule has 0 radical (unpaired) electrons. The summed E-state index contributed by atoms with van der Waals surface area (Å²) in [5.74, 6) is -1.92. The van der Waals surface area contributed by atoms with Crippen LogP contribution in [0.15, 0.2) is 18.2 Å². The van der Waals surface area contributed by atoms with Crippen LogP contribution in [0.5, 0.6) is 0 Å². The van der Waals surface area contributed by atoms with Crippen molar-refractivity contribution in [3.63, 3.8) is 0 Å². The lowest BCUT2D eigenvalue weighted by atomic mass is 10.1. The SMILES string of the molecule is O=C(O)C1(CNCCc2ccc(F)cc2F)CC1. The van der Waals surface area contributed by atoms with E-state index in [-0.39, 0.29) is 0 Å². The van der Waals surface area contributed by atoms with Crippen LogP contribution in [-0.4, -0.2) is 24.2 Å². The summed E-state index contributed by atoms with van der Waals surface area (Å²) in [7, 11) is 0. The third-order valence-corrected chi connectivity index (χ3v) is 3.36. The average molecular weight is 255 g/mol. The van der Waals surface area contributed by atoms with Gasteiger partial charge in [0.25, 0.3) is 0 Å². The van der Waals surface area contributed by atoms with Crippen molar-refractivity contribution in [2.75, 3.05) is 13.1 Å². The second-order valence-corrected chi connectivity index (χ2v) is 4.75. The van der Waals surface area contributed by atoms with E-state index in [4.69, 9.17) is 5.11 Å². The van der Waals surface area contributed by atoms with Crippen LogP contribution in [0.1, 0.15) is 18.4 Å². The molecule has 0 unspecified atom stereocenters. The van der Waals surface area contributed by atoms with Crippen molar-refractivity contribution in [1.82, 2.24) is 5.32 Å². The molecule has 0 saturated heterocycles. The average Bonchev–Trinajstić information content (AvgIpc) is 3.08. The van der Waals surface area contributed by atoms with E-state index in [0.29, 0.717) is 37.9 Å². The molecule has 0 amide bonds. The molecule has 2 rings (SSSR count). The standard InChI is InChI=1S/C13H15F2NO2/c14-10-2-1-9(11(15)7-10)3-6-16-8-13(4-5-13)12(17)18/h1-2,7,16H,3-6,8H2,(H,17,18). The first kappa shape index (κ1) is 13.0. The highest BCUT2D eigenvalue weighted by Gasteiger charge is 2.49. The van der Waals surface area contributed by atoms with Crippen molar-refractivity contribution in [2.24, 2.45) is 5.41 Å². The highest BCUT2D eigenvalue weighted by molar-refractivity contribution is 5.78. The molecule has 0 heterocycles. The van der Waals surface area contributed by atoms with Gasteiger partial charge >= 0.3 is 5.97 Å². The Balaban J connectivity index is 1.77. The summed E-state index contributed by atoms with van der Waals surface area (Å²) in [4.78, 5) is 10.9. The summed E-state index contributed by atoms with van der Waals surface area (Å²) in [5, 5.41) is 12.0. The van der Waals surface area contributed by atoms with E-state index in [2.05, 4.69) is 5.32 Å². The number of hydrogen-bond acceptors (Lipinski definition) is 2. The molecular formula is C13H15F2NO2. The van der Waals surface area contributed by atoms with Crippen molar-refractivity contribution in [2.45, 2.75) is 19.3 Å². The molecule has 3 nitrogen and oxygen atoms in total. The minimum atomic E-state index is -0.775. The van der Waals surface area contributed by atoms with Gasteiger partial charge < -0.3 is 10.4 Å². The number of carbonyl (C=O) groups is 1. The van der Waals surface area contributed by atoms with Gasteiger partial charge in [0.1, 0.15) is 11.6 Å². The van der Waals surface area contributed by atoms with Crippen LogP contribution in [0.3, 0.4) is 0 Å². The molecule has 0 bridgehead atoms. The molecule has 1 saturated carbocycles. The predicted molar refractivity (Wildman–Crippen MR) is 62.2 cm³/mol. The first-order chi connectivity index (χ1) is 8.53. The molecule has 98 valence electrons. The Morgan fingerprint density at radius 1 is 1.39 bits per heavy atom. The Bertz CT molecular complexity index is 458. The number of carboxylic acid groups (broad SMARTS) is 1. The van der Waals surface area contributed by atoms with Gasteiger partial charge in [-0.2, -0.15) is 0 Å². The zero-order valence-electron chi connectivity index (χ0n) is 9.88. The normalized spacial score (nSPS) is 16.6. The molecule has 1 aromatic carbocycles. The van der Waals surface area contributed by atoms with Gasteiger partial charge in [-0.15, -0.1) is 0 Å². The Morgan fingerprint density at radius 3 is 2.67 bits per heavy atom. The van der Waals surface area contributed by atoms with Crippen LogP contribution in [0.25, 0.3) is 0 Å². The number of rotatable bonds is 6. The van der Waals surface area contributed by atoms with E-state index in [9.17, 15) is 13.6 Å². The lowest BCUT2D eigenvalue weighted by Crippen LogP contribution is -2.31. The Labute approximate surface area is 104 Å². The summed E-state index contributed by atoms with van der Waals surface area (Å²) in [6, 6.07) is 3.49. The summed E-state index contributed by atoms with van der Waals surface area (Å²) < 4.78 is 26.0. The Hall–Kier alpha value is -1.49. The van der Waals surface area contributed by atoms with Crippen molar-refractivity contribution >= 4 is 5.97 Å². The molecule has 0 atom stereocenters. The molecule has 1 fully saturated rings. The van der Waals surface area contributed by atoms with Crippen LogP contribution in [0, 0.1) is 17.0 Å². The van der Waals surface area contributed by atoms with Crippen LogP contribution in [0.4, 0.5) is 8.78 Å². The minimum Gasteiger partial charge on any atom is -0.481 e. The van der Waals surface area contributed by atoms with Gasteiger partial charge in [-0.1, -0.05) is 6.07 Å². The fourth-order valence-corrected chi connectivity index (χ4v) is 1.89. The molecule has 5 heteroatoms. The summed E-state index contributed by atoms with van der Waals surface area (Å²) in [6.45, 7) is 0.892. The van der Waals surface area contributed by atoms with Crippen molar-refractivity contribution in [1.29, 1.82) is 0 Å². The first-order valence-electron chi connectivity index (χ1n) is 5.92. The van der Waals surface area contributed by atoms with Gasteiger partial charge in [0.15, 0.2) is 0 Å². The van der Waals surface area contributed by atoms with Crippen molar-refractivity contribution in [3.8, 4) is 0 Å². The third-order valence-electron chi connectivity index (χ3n) is 3.36. The van der Waals surface area contributed by atoms with Gasteiger partial charge in [0.2, 0.25) is 0 Å². The number of carboxylic acids is 1. The largest absolute Gasteiger partial charge is 0.481 e. The van der Waals surface area contributed by atoms with Gasteiger partial charge in [-0.3, -0.25) is 4.79 Å². The lowest BCUT2D eigenvalue weighted by molar-refractivity contribution is -0.143. The maximum absolute atomic E-state index is 13.3. The van der Waals surface area contributed by atoms with E-state index in [0.717, 1.165) is 6.07 Å². The van der Waals surface area contributed by atoms with Gasteiger partial charge in [-0.25, -0.2) is 8.78 Å². The molecular weight excluding hydrogens is 240 g/mol. The number of hydrogen-bond donors (Lipinski definition) is 2. The molecule has 0 aromatic heterocycles. The molecule has 1 aromatic rings. The van der Waals surface area contributed by atoms with Crippen molar-refractivity contribution in [3.05, 3.63) is 35.4 Å². The number of benzene rings is 1. The number of nitrogens with one attached hydrogen (secondary N) is 1. The highest BCUT2D eigenvalue weighted by Crippen LogP contribution is 2.45. The monoisotopic (exact) mass is 255 g/mol. The second kappa shape index (κ2) is 5.02. The second-order valence-electron chi connectivity index (χ2n) is 4.75. The number of halogens is 2. The Morgan fingerprint density at radius 2 is 2.11 bits per heavy atom. The van der Waals surface area contributed by atoms with Gasteiger partial charge in [0, 0.05) is 12.6 Å². The van der Waals surface area contributed by atoms with Crippen molar-refractivity contribution < 1.29 is 18.7 Å². The summed E-state index contributed by atoms with van der Waals surface area (Å²) >= 11 is 0. The first-order valence-corrected chi connectivity index (χ1v) is 5.92. The maximum atomic E-state index is 13.3. The molecule has 0 aliphatic heterocycles. The van der Waals surface area contributed by atoms with E-state index < -0.39 is 23.0 Å². The zero-order chi connectivity index (χ0) is 13.2. The molecule has 0 spiro atoms. The molecule has 18 heavy (non-hydrogen) atoms. The molecule has 1 aliphatic rings. The predicted octanol–water partition coefficient (Wildman–Crippen LogP) is 1.96. The highest BCUT2D eigenvalue weighted by atomic mass is 19.1. The lowest BCUT2D eigenvalue weighted by Gasteiger charge is -2.11.